The zero-order valence-electron chi connectivity index (χ0n) is 9.16. The average Bonchev–Trinajstić information content (AvgIpc) is 2.16. The molecule has 0 rings (SSSR count). The van der Waals surface area contributed by atoms with Gasteiger partial charge in [0.25, 0.3) is 0 Å². The van der Waals surface area contributed by atoms with Gasteiger partial charge in [0.1, 0.15) is 0 Å². The fourth-order valence-corrected chi connectivity index (χ4v) is 0.651. The van der Waals surface area contributed by atoms with Gasteiger partial charge in [0.15, 0.2) is 0 Å². The summed E-state index contributed by atoms with van der Waals surface area (Å²) in [5, 5.41) is 6.02. The molecule has 0 saturated carbocycles. The number of carbonyl (C=O) groups excluding carboxylic acids is 1. The molecule has 0 atom stereocenters. The molecule has 0 unspecified atom stereocenters. The minimum atomic E-state index is -0.570. The van der Waals surface area contributed by atoms with Gasteiger partial charge in [-0.3, -0.25) is 4.84 Å². The normalized spacial score (nSPS) is 11.6. The molecule has 0 spiro atoms. The number of hydrogen-bond acceptors (Lipinski definition) is 4. The number of oxime groups is 1. The zero-order chi connectivity index (χ0) is 11.0. The van der Waals surface area contributed by atoms with Crippen LogP contribution in [-0.4, -0.2) is 32.1 Å². The summed E-state index contributed by atoms with van der Waals surface area (Å²) < 4.78 is 5.18. The van der Waals surface area contributed by atoms with Gasteiger partial charge in [-0.1, -0.05) is 19.0 Å². The predicted octanol–water partition coefficient (Wildman–Crippen LogP) is 1.39. The minimum absolute atomic E-state index is 0.200. The first-order valence-corrected chi connectivity index (χ1v) is 4.65. The van der Waals surface area contributed by atoms with E-state index in [0.29, 0.717) is 13.2 Å². The van der Waals surface area contributed by atoms with Gasteiger partial charge in [-0.25, -0.2) is 4.79 Å². The molecule has 82 valence electrons. The molecule has 0 saturated heterocycles. The summed E-state index contributed by atoms with van der Waals surface area (Å²) >= 11 is 0. The maximum Gasteiger partial charge on any atom is 0.433 e. The van der Waals surface area contributed by atoms with Crippen molar-refractivity contribution in [3.05, 3.63) is 0 Å². The monoisotopic (exact) mass is 202 g/mol. The number of rotatable bonds is 5. The Balaban J connectivity index is 4.11. The maximum atomic E-state index is 10.7. The Kier molecular flexibility index (Phi) is 6.74. The van der Waals surface area contributed by atoms with Crippen molar-refractivity contribution in [2.24, 2.45) is 11.1 Å². The molecular weight excluding hydrogens is 184 g/mol. The van der Waals surface area contributed by atoms with Crippen molar-refractivity contribution in [3.63, 3.8) is 0 Å². The Hall–Kier alpha value is -1.10. The van der Waals surface area contributed by atoms with Crippen molar-refractivity contribution in [2.75, 3.05) is 20.3 Å². The van der Waals surface area contributed by atoms with E-state index in [1.807, 2.05) is 20.8 Å². The van der Waals surface area contributed by atoms with Crippen LogP contribution in [0.2, 0.25) is 0 Å². The topological polar surface area (TPSA) is 59.9 Å². The fraction of sp³-hybridized carbons (Fsp3) is 0.778. The molecule has 0 aliphatic carbocycles. The van der Waals surface area contributed by atoms with Gasteiger partial charge in [-0.15, -0.1) is 0 Å². The lowest BCUT2D eigenvalue weighted by Crippen LogP contribution is -2.21. The van der Waals surface area contributed by atoms with E-state index >= 15 is 0 Å². The van der Waals surface area contributed by atoms with E-state index in [-0.39, 0.29) is 5.92 Å². The molecule has 5 heteroatoms. The van der Waals surface area contributed by atoms with Gasteiger partial charge < -0.3 is 10.1 Å². The van der Waals surface area contributed by atoms with Crippen molar-refractivity contribution >= 4 is 11.8 Å². The quantitative estimate of drug-likeness (QED) is 0.416. The molecule has 0 aliphatic rings. The molecule has 0 radical (unpaired) electrons. The zero-order valence-corrected chi connectivity index (χ0v) is 9.16. The van der Waals surface area contributed by atoms with Crippen LogP contribution in [0.5, 0.6) is 0 Å². The maximum absolute atomic E-state index is 10.7. The van der Waals surface area contributed by atoms with Crippen LogP contribution in [0.25, 0.3) is 0 Å². The molecule has 0 bridgehead atoms. The van der Waals surface area contributed by atoms with Crippen LogP contribution >= 0.6 is 0 Å². The highest BCUT2D eigenvalue weighted by Gasteiger charge is 2.07. The molecule has 1 N–H and O–H groups in total. The smallest absolute Gasteiger partial charge is 0.376 e. The SMILES string of the molecule is CCOCC(=NOC(=O)NC)C(C)C. The Morgan fingerprint density at radius 2 is 2.14 bits per heavy atom. The van der Waals surface area contributed by atoms with Gasteiger partial charge in [0.2, 0.25) is 0 Å². The first kappa shape index (κ1) is 12.9. The largest absolute Gasteiger partial charge is 0.433 e. The summed E-state index contributed by atoms with van der Waals surface area (Å²) in [5.74, 6) is 0.200. The van der Waals surface area contributed by atoms with Crippen LogP contribution in [0, 0.1) is 5.92 Å². The fourth-order valence-electron chi connectivity index (χ4n) is 0.651. The molecule has 5 nitrogen and oxygen atoms in total. The second-order valence-electron chi connectivity index (χ2n) is 3.00. The number of carbonyl (C=O) groups is 1. The van der Waals surface area contributed by atoms with E-state index in [1.54, 1.807) is 0 Å². The summed E-state index contributed by atoms with van der Waals surface area (Å²) in [6.07, 6.45) is -0.570. The van der Waals surface area contributed by atoms with E-state index in [0.717, 1.165) is 5.71 Å². The molecular formula is C9H18N2O3. The van der Waals surface area contributed by atoms with Gasteiger partial charge in [0.05, 0.1) is 12.3 Å². The molecule has 14 heavy (non-hydrogen) atoms. The summed E-state index contributed by atoms with van der Waals surface area (Å²) in [6, 6.07) is 0. The second kappa shape index (κ2) is 7.32. The molecule has 1 amide bonds. The Morgan fingerprint density at radius 3 is 2.57 bits per heavy atom. The van der Waals surface area contributed by atoms with Gasteiger partial charge in [-0.05, 0) is 12.8 Å². The second-order valence-corrected chi connectivity index (χ2v) is 3.00. The first-order chi connectivity index (χ1) is 6.61. The molecule has 0 fully saturated rings. The molecule has 0 heterocycles. The average molecular weight is 202 g/mol. The summed E-state index contributed by atoms with van der Waals surface area (Å²) in [6.45, 7) is 6.84. The molecule has 0 aromatic heterocycles. The van der Waals surface area contributed by atoms with Crippen LogP contribution in [0.3, 0.4) is 0 Å². The van der Waals surface area contributed by atoms with Gasteiger partial charge >= 0.3 is 6.09 Å². The predicted molar refractivity (Wildman–Crippen MR) is 54.3 cm³/mol. The Morgan fingerprint density at radius 1 is 1.50 bits per heavy atom. The number of ether oxygens (including phenoxy) is 1. The van der Waals surface area contributed by atoms with Crippen LogP contribution in [0.4, 0.5) is 4.79 Å². The van der Waals surface area contributed by atoms with E-state index in [4.69, 9.17) is 4.74 Å². The van der Waals surface area contributed by atoms with Crippen LogP contribution in [0.1, 0.15) is 20.8 Å². The Labute approximate surface area is 84.4 Å². The number of amides is 1. The number of nitrogens with zero attached hydrogens (tertiary/aromatic N) is 1. The van der Waals surface area contributed by atoms with Crippen molar-refractivity contribution in [1.29, 1.82) is 0 Å². The van der Waals surface area contributed by atoms with Gasteiger partial charge in [-0.2, -0.15) is 0 Å². The minimum Gasteiger partial charge on any atom is -0.376 e. The van der Waals surface area contributed by atoms with Crippen molar-refractivity contribution in [1.82, 2.24) is 5.32 Å². The third kappa shape index (κ3) is 5.53. The van der Waals surface area contributed by atoms with Crippen molar-refractivity contribution in [2.45, 2.75) is 20.8 Å². The summed E-state index contributed by atoms with van der Waals surface area (Å²) in [5.41, 5.74) is 0.718. The van der Waals surface area contributed by atoms with Crippen molar-refractivity contribution in [3.8, 4) is 0 Å². The molecule has 0 aliphatic heterocycles. The first-order valence-electron chi connectivity index (χ1n) is 4.65. The van der Waals surface area contributed by atoms with E-state index in [1.165, 1.54) is 7.05 Å². The summed E-state index contributed by atoms with van der Waals surface area (Å²) in [4.78, 5) is 15.3. The van der Waals surface area contributed by atoms with E-state index < -0.39 is 6.09 Å². The van der Waals surface area contributed by atoms with E-state index in [2.05, 4.69) is 15.3 Å². The van der Waals surface area contributed by atoms with Crippen LogP contribution < -0.4 is 5.32 Å². The van der Waals surface area contributed by atoms with Gasteiger partial charge in [0, 0.05) is 13.7 Å². The van der Waals surface area contributed by atoms with Crippen LogP contribution in [0.15, 0.2) is 5.16 Å². The standard InChI is InChI=1S/C9H18N2O3/c1-5-13-6-8(7(2)3)11-14-9(12)10-4/h7H,5-6H2,1-4H3,(H,10,12). The highest BCUT2D eigenvalue weighted by atomic mass is 16.7. The third-order valence-corrected chi connectivity index (χ3v) is 1.57. The third-order valence-electron chi connectivity index (χ3n) is 1.57. The van der Waals surface area contributed by atoms with Crippen molar-refractivity contribution < 1.29 is 14.4 Å². The molecule has 0 aromatic carbocycles. The highest BCUT2D eigenvalue weighted by Crippen LogP contribution is 1.99. The number of hydrogen-bond donors (Lipinski definition) is 1. The Bertz CT molecular complexity index is 202. The van der Waals surface area contributed by atoms with E-state index in [9.17, 15) is 4.79 Å². The highest BCUT2D eigenvalue weighted by molar-refractivity contribution is 5.87. The number of nitrogens with one attached hydrogen (secondary N) is 1. The lowest BCUT2D eigenvalue weighted by molar-refractivity contribution is 0.147. The lowest BCUT2D eigenvalue weighted by Gasteiger charge is -2.08. The summed E-state index contributed by atoms with van der Waals surface area (Å²) in [7, 11) is 1.48. The lowest BCUT2D eigenvalue weighted by atomic mass is 10.1. The van der Waals surface area contributed by atoms with Crippen LogP contribution in [-0.2, 0) is 9.57 Å². The molecule has 0 aromatic rings.